The minimum Gasteiger partial charge on any atom is -0.245 e. The topological polar surface area (TPSA) is 50.3 Å². The largest absolute Gasteiger partial charge is 0.245 e. The predicted octanol–water partition coefficient (Wildman–Crippen LogP) is 2.40. The molecule has 0 unspecified atom stereocenters. The molecule has 0 radical (unpaired) electrons. The molecule has 0 aromatic carbocycles. The number of rotatable bonds is 5. The molecule has 98 valence electrons. The molecule has 0 fully saturated rings. The molecule has 0 saturated carbocycles. The molecule has 0 spiro atoms. The fraction of sp³-hybridized carbons (Fsp3) is 0.727. The van der Waals surface area contributed by atoms with Crippen molar-refractivity contribution < 1.29 is 8.42 Å². The zero-order chi connectivity index (χ0) is 13.2. The summed E-state index contributed by atoms with van der Waals surface area (Å²) in [4.78, 5) is 4.32. The molecule has 6 heteroatoms. The van der Waals surface area contributed by atoms with Gasteiger partial charge < -0.3 is 0 Å². The molecule has 1 aromatic heterocycles. The summed E-state index contributed by atoms with van der Waals surface area (Å²) in [6.07, 6.45) is 0. The lowest BCUT2D eigenvalue weighted by atomic mass is 10.3. The van der Waals surface area contributed by atoms with Crippen LogP contribution in [0.15, 0.2) is 5.38 Å². The van der Waals surface area contributed by atoms with Crippen molar-refractivity contribution in [3.8, 4) is 0 Å². The van der Waals surface area contributed by atoms with Crippen molar-refractivity contribution in [3.05, 3.63) is 16.1 Å². The Hall–Kier alpha value is -0.460. The predicted molar refractivity (Wildman–Crippen MR) is 71.6 cm³/mol. The van der Waals surface area contributed by atoms with E-state index in [9.17, 15) is 8.42 Å². The molecule has 1 rings (SSSR count). The molecule has 0 saturated heterocycles. The second-order valence-corrected chi connectivity index (χ2v) is 8.09. The van der Waals surface area contributed by atoms with Crippen molar-refractivity contribution >= 4 is 21.4 Å². The number of hydrogen-bond donors (Lipinski definition) is 0. The molecular weight excluding hydrogens is 256 g/mol. The maximum atomic E-state index is 12.2. The van der Waals surface area contributed by atoms with Crippen LogP contribution in [0.1, 0.15) is 38.4 Å². The minimum absolute atomic E-state index is 0.0515. The van der Waals surface area contributed by atoms with Crippen LogP contribution in [-0.2, 0) is 16.6 Å². The molecule has 0 N–H and O–H groups in total. The molecular formula is C11H20N2O2S2. The smallest absolute Gasteiger partial charge is 0.217 e. The maximum absolute atomic E-state index is 12.2. The second-order valence-electron chi connectivity index (χ2n) is 4.59. The molecule has 0 bridgehead atoms. The first-order chi connectivity index (χ1) is 7.75. The monoisotopic (exact) mass is 276 g/mol. The Bertz CT molecular complexity index is 464. The summed E-state index contributed by atoms with van der Waals surface area (Å²) >= 11 is 1.54. The zero-order valence-corrected chi connectivity index (χ0v) is 12.6. The summed E-state index contributed by atoms with van der Waals surface area (Å²) in [6.45, 7) is 9.47. The number of nitrogens with zero attached hydrogens (tertiary/aromatic N) is 2. The van der Waals surface area contributed by atoms with E-state index in [4.69, 9.17) is 0 Å². The third-order valence-corrected chi connectivity index (χ3v) is 5.70. The Labute approximate surface area is 108 Å². The van der Waals surface area contributed by atoms with Crippen molar-refractivity contribution in [3.63, 3.8) is 0 Å². The highest BCUT2D eigenvalue weighted by molar-refractivity contribution is 7.89. The quantitative estimate of drug-likeness (QED) is 0.830. The van der Waals surface area contributed by atoms with E-state index in [0.717, 1.165) is 10.7 Å². The van der Waals surface area contributed by atoms with E-state index in [0.29, 0.717) is 6.54 Å². The van der Waals surface area contributed by atoms with Crippen LogP contribution in [-0.4, -0.2) is 29.0 Å². The van der Waals surface area contributed by atoms with E-state index in [1.54, 1.807) is 25.2 Å². The average molecular weight is 276 g/mol. The van der Waals surface area contributed by atoms with Gasteiger partial charge in [-0.25, -0.2) is 13.4 Å². The Balaban J connectivity index is 2.96. The van der Waals surface area contributed by atoms with E-state index < -0.39 is 15.3 Å². The van der Waals surface area contributed by atoms with Gasteiger partial charge in [-0.3, -0.25) is 0 Å². The molecule has 1 aromatic rings. The normalized spacial score (nSPS) is 12.9. The lowest BCUT2D eigenvalue weighted by Crippen LogP contribution is -2.40. The molecule has 0 amide bonds. The van der Waals surface area contributed by atoms with Crippen LogP contribution in [0.5, 0.6) is 0 Å². The van der Waals surface area contributed by atoms with Crippen LogP contribution >= 0.6 is 11.3 Å². The second kappa shape index (κ2) is 5.46. The summed E-state index contributed by atoms with van der Waals surface area (Å²) in [5, 5.41) is 2.48. The lowest BCUT2D eigenvalue weighted by Gasteiger charge is -2.27. The highest BCUT2D eigenvalue weighted by atomic mass is 32.2. The van der Waals surface area contributed by atoms with Gasteiger partial charge in [-0.2, -0.15) is 4.31 Å². The van der Waals surface area contributed by atoms with Crippen LogP contribution in [0, 0.1) is 6.92 Å². The Morgan fingerprint density at radius 2 is 1.94 bits per heavy atom. The van der Waals surface area contributed by atoms with Crippen molar-refractivity contribution in [1.82, 2.24) is 9.29 Å². The van der Waals surface area contributed by atoms with Gasteiger partial charge >= 0.3 is 0 Å². The van der Waals surface area contributed by atoms with Crippen molar-refractivity contribution in [2.24, 2.45) is 0 Å². The molecule has 0 aliphatic carbocycles. The van der Waals surface area contributed by atoms with E-state index >= 15 is 0 Å². The van der Waals surface area contributed by atoms with Crippen LogP contribution < -0.4 is 0 Å². The van der Waals surface area contributed by atoms with Gasteiger partial charge in [0.1, 0.15) is 0 Å². The molecule has 0 aliphatic rings. The van der Waals surface area contributed by atoms with Crippen LogP contribution in [0.25, 0.3) is 0 Å². The highest BCUT2D eigenvalue weighted by Gasteiger charge is 2.28. The first-order valence-corrected chi connectivity index (χ1v) is 8.05. The highest BCUT2D eigenvalue weighted by Crippen LogP contribution is 2.18. The zero-order valence-electron chi connectivity index (χ0n) is 11.0. The van der Waals surface area contributed by atoms with E-state index in [1.807, 2.05) is 26.2 Å². The van der Waals surface area contributed by atoms with Gasteiger partial charge in [0.05, 0.1) is 22.5 Å². The van der Waals surface area contributed by atoms with Crippen molar-refractivity contribution in [2.75, 3.05) is 0 Å². The van der Waals surface area contributed by atoms with E-state index in [-0.39, 0.29) is 6.04 Å². The summed E-state index contributed by atoms with van der Waals surface area (Å²) in [5.41, 5.74) is 0.824. The molecule has 4 nitrogen and oxygen atoms in total. The number of hydrogen-bond acceptors (Lipinski definition) is 4. The van der Waals surface area contributed by atoms with Crippen molar-refractivity contribution in [2.45, 2.75) is 52.5 Å². The lowest BCUT2D eigenvalue weighted by molar-refractivity contribution is 0.341. The standard InChI is InChI=1S/C11H20N2O2S2/c1-8(2)13(17(14,15)9(3)4)6-11-7-16-10(5)12-11/h7-9H,6H2,1-5H3. The van der Waals surface area contributed by atoms with Crippen LogP contribution in [0.3, 0.4) is 0 Å². The number of aryl methyl sites for hydroxylation is 1. The van der Waals surface area contributed by atoms with Crippen LogP contribution in [0.2, 0.25) is 0 Å². The SMILES string of the molecule is Cc1nc(CN(C(C)C)S(=O)(=O)C(C)C)cs1. The molecule has 0 aliphatic heterocycles. The van der Waals surface area contributed by atoms with Gasteiger partial charge in [-0.1, -0.05) is 0 Å². The summed E-state index contributed by atoms with van der Waals surface area (Å²) in [5.74, 6) is 0. The number of thiazole rings is 1. The molecule has 0 atom stereocenters. The van der Waals surface area contributed by atoms with Gasteiger partial charge in [-0.05, 0) is 34.6 Å². The fourth-order valence-electron chi connectivity index (χ4n) is 1.48. The van der Waals surface area contributed by atoms with Gasteiger partial charge in [-0.15, -0.1) is 11.3 Å². The molecule has 17 heavy (non-hydrogen) atoms. The van der Waals surface area contributed by atoms with E-state index in [2.05, 4.69) is 4.98 Å². The van der Waals surface area contributed by atoms with Crippen LogP contribution in [0.4, 0.5) is 0 Å². The summed E-state index contributed by atoms with van der Waals surface area (Å²) < 4.78 is 25.9. The minimum atomic E-state index is -3.23. The van der Waals surface area contributed by atoms with Gasteiger partial charge in [0.25, 0.3) is 0 Å². The average Bonchev–Trinajstić information content (AvgIpc) is 2.59. The first-order valence-electron chi connectivity index (χ1n) is 5.66. The van der Waals surface area contributed by atoms with Gasteiger partial charge in [0.15, 0.2) is 0 Å². The third-order valence-electron chi connectivity index (χ3n) is 2.48. The third kappa shape index (κ3) is 3.50. The number of aromatic nitrogens is 1. The Morgan fingerprint density at radius 3 is 2.29 bits per heavy atom. The summed E-state index contributed by atoms with van der Waals surface area (Å²) in [6, 6.07) is -0.0515. The van der Waals surface area contributed by atoms with Gasteiger partial charge in [0.2, 0.25) is 10.0 Å². The maximum Gasteiger partial charge on any atom is 0.217 e. The van der Waals surface area contributed by atoms with E-state index in [1.165, 1.54) is 4.31 Å². The molecule has 1 heterocycles. The Morgan fingerprint density at radius 1 is 1.35 bits per heavy atom. The fourth-order valence-corrected chi connectivity index (χ4v) is 3.52. The number of sulfonamides is 1. The Kier molecular flexibility index (Phi) is 4.69. The van der Waals surface area contributed by atoms with Gasteiger partial charge in [0, 0.05) is 11.4 Å². The summed E-state index contributed by atoms with van der Waals surface area (Å²) in [7, 11) is -3.23. The van der Waals surface area contributed by atoms with Crippen molar-refractivity contribution in [1.29, 1.82) is 0 Å². The first kappa shape index (κ1) is 14.6.